The fraction of sp³-hybridized carbons (Fsp3) is 0.217. The number of esters is 1. The van der Waals surface area contributed by atoms with Crippen LogP contribution in [0.5, 0.6) is 0 Å². The molecule has 1 saturated heterocycles. The van der Waals surface area contributed by atoms with Gasteiger partial charge in [0.2, 0.25) is 11.8 Å². The first kappa shape index (κ1) is 22.2. The van der Waals surface area contributed by atoms with E-state index in [0.717, 1.165) is 4.90 Å². The molecular formula is C23H18BrClN2O5. The van der Waals surface area contributed by atoms with Gasteiger partial charge in [-0.1, -0.05) is 29.8 Å². The number of hydrogen-bond donors (Lipinski definition) is 1. The molecule has 1 fully saturated rings. The van der Waals surface area contributed by atoms with E-state index in [1.54, 1.807) is 30.3 Å². The smallest absolute Gasteiger partial charge is 0.338 e. The van der Waals surface area contributed by atoms with Crippen molar-refractivity contribution in [2.75, 3.05) is 16.8 Å². The molecule has 1 N–H and O–H groups in total. The second kappa shape index (κ2) is 9.26. The topological polar surface area (TPSA) is 92.8 Å². The van der Waals surface area contributed by atoms with Crippen LogP contribution in [0.15, 0.2) is 59.1 Å². The van der Waals surface area contributed by atoms with E-state index in [0.29, 0.717) is 33.7 Å². The van der Waals surface area contributed by atoms with Crippen LogP contribution in [0.2, 0.25) is 5.02 Å². The predicted octanol–water partition coefficient (Wildman–Crippen LogP) is 4.35. The van der Waals surface area contributed by atoms with Gasteiger partial charge < -0.3 is 10.1 Å². The molecule has 32 heavy (non-hydrogen) atoms. The van der Waals surface area contributed by atoms with Crippen molar-refractivity contribution in [1.82, 2.24) is 0 Å². The van der Waals surface area contributed by atoms with Crippen molar-refractivity contribution >= 4 is 62.6 Å². The highest BCUT2D eigenvalue weighted by Crippen LogP contribution is 2.37. The first-order valence-electron chi connectivity index (χ1n) is 9.90. The summed E-state index contributed by atoms with van der Waals surface area (Å²) in [6, 6.07) is 11.0. The summed E-state index contributed by atoms with van der Waals surface area (Å²) < 4.78 is 5.78. The molecule has 1 heterocycles. The third-order valence-corrected chi connectivity index (χ3v) is 6.62. The van der Waals surface area contributed by atoms with Gasteiger partial charge in [-0.25, -0.2) is 4.79 Å². The number of fused-ring (bicyclic) bond motifs is 1. The number of anilines is 2. The molecule has 0 aromatic heterocycles. The number of hydrogen-bond acceptors (Lipinski definition) is 5. The van der Waals surface area contributed by atoms with E-state index in [1.807, 2.05) is 12.2 Å². The van der Waals surface area contributed by atoms with Crippen LogP contribution >= 0.6 is 27.5 Å². The van der Waals surface area contributed by atoms with Crippen LogP contribution in [0.1, 0.15) is 23.2 Å². The normalized spacial score (nSPS) is 19.6. The maximum Gasteiger partial charge on any atom is 0.338 e. The Morgan fingerprint density at radius 1 is 1.06 bits per heavy atom. The Morgan fingerprint density at radius 3 is 2.41 bits per heavy atom. The lowest BCUT2D eigenvalue weighted by Crippen LogP contribution is -2.31. The number of ether oxygens (including phenoxy) is 1. The quantitative estimate of drug-likeness (QED) is 0.362. The van der Waals surface area contributed by atoms with Gasteiger partial charge in [0.1, 0.15) is 0 Å². The van der Waals surface area contributed by atoms with Gasteiger partial charge in [-0.15, -0.1) is 0 Å². The minimum Gasteiger partial charge on any atom is -0.452 e. The fourth-order valence-electron chi connectivity index (χ4n) is 3.81. The number of carbonyl (C=O) groups is 4. The summed E-state index contributed by atoms with van der Waals surface area (Å²) in [6.07, 6.45) is 4.89. The van der Waals surface area contributed by atoms with Crippen molar-refractivity contribution < 1.29 is 23.9 Å². The van der Waals surface area contributed by atoms with Crippen molar-refractivity contribution in [2.24, 2.45) is 11.8 Å². The molecule has 164 valence electrons. The van der Waals surface area contributed by atoms with Gasteiger partial charge in [0.05, 0.1) is 28.1 Å². The standard InChI is InChI=1S/C23H18BrClN2O5/c24-18-9-8-14(11-19(18)25)26-20(28)12-32-23(31)13-4-3-5-15(10-13)27-21(29)16-6-1-2-7-17(16)22(27)30/h1-5,8-11,16-17H,6-7,12H2,(H,26,28)/t16-,17-/m1/s1. The van der Waals surface area contributed by atoms with Gasteiger partial charge in [0, 0.05) is 10.2 Å². The Bertz CT molecular complexity index is 1120. The molecule has 0 saturated carbocycles. The van der Waals surface area contributed by atoms with Gasteiger partial charge in [0.25, 0.3) is 5.91 Å². The number of allylic oxidation sites excluding steroid dienone is 2. The maximum absolute atomic E-state index is 12.8. The van der Waals surface area contributed by atoms with Crippen LogP contribution in [-0.2, 0) is 19.1 Å². The zero-order valence-corrected chi connectivity index (χ0v) is 19.1. The second-order valence-corrected chi connectivity index (χ2v) is 8.73. The van der Waals surface area contributed by atoms with Crippen molar-refractivity contribution in [1.29, 1.82) is 0 Å². The average molecular weight is 518 g/mol. The van der Waals surface area contributed by atoms with Crippen LogP contribution in [0, 0.1) is 11.8 Å². The molecule has 7 nitrogen and oxygen atoms in total. The molecule has 1 aliphatic carbocycles. The molecule has 2 atom stereocenters. The first-order chi connectivity index (χ1) is 15.3. The van der Waals surface area contributed by atoms with Gasteiger partial charge in [0.15, 0.2) is 6.61 Å². The number of amides is 3. The summed E-state index contributed by atoms with van der Waals surface area (Å²) in [6.45, 7) is -0.506. The Hall–Kier alpha value is -2.97. The lowest BCUT2D eigenvalue weighted by molar-refractivity contribution is -0.122. The number of rotatable bonds is 5. The Morgan fingerprint density at radius 2 is 1.75 bits per heavy atom. The molecular weight excluding hydrogens is 500 g/mol. The van der Waals surface area contributed by atoms with Crippen LogP contribution in [-0.4, -0.2) is 30.3 Å². The van der Waals surface area contributed by atoms with E-state index in [1.165, 1.54) is 12.1 Å². The van der Waals surface area contributed by atoms with E-state index < -0.39 is 18.5 Å². The molecule has 0 spiro atoms. The Kier molecular flexibility index (Phi) is 6.43. The summed E-state index contributed by atoms with van der Waals surface area (Å²) in [5, 5.41) is 3.02. The van der Waals surface area contributed by atoms with Gasteiger partial charge >= 0.3 is 5.97 Å². The van der Waals surface area contributed by atoms with Crippen LogP contribution < -0.4 is 10.2 Å². The first-order valence-corrected chi connectivity index (χ1v) is 11.1. The molecule has 2 aromatic carbocycles. The molecule has 9 heteroatoms. The Labute approximate surface area is 197 Å². The van der Waals surface area contributed by atoms with E-state index in [9.17, 15) is 19.2 Å². The van der Waals surface area contributed by atoms with Crippen LogP contribution in [0.25, 0.3) is 0 Å². The van der Waals surface area contributed by atoms with Crippen LogP contribution in [0.4, 0.5) is 11.4 Å². The zero-order valence-electron chi connectivity index (χ0n) is 16.7. The SMILES string of the molecule is O=C(COC(=O)c1cccc(N2C(=O)[C@@H]3CC=CC[C@H]3C2=O)c1)Nc1ccc(Br)c(Cl)c1. The van der Waals surface area contributed by atoms with E-state index in [2.05, 4.69) is 21.2 Å². The summed E-state index contributed by atoms with van der Waals surface area (Å²) in [5.41, 5.74) is 0.914. The van der Waals surface area contributed by atoms with Crippen molar-refractivity contribution in [3.05, 3.63) is 69.7 Å². The zero-order chi connectivity index (χ0) is 22.8. The largest absolute Gasteiger partial charge is 0.452 e. The minimum absolute atomic E-state index is 0.135. The average Bonchev–Trinajstić information content (AvgIpc) is 3.05. The van der Waals surface area contributed by atoms with Crippen molar-refractivity contribution in [2.45, 2.75) is 12.8 Å². The summed E-state index contributed by atoms with van der Waals surface area (Å²) in [5.74, 6) is -2.52. The summed E-state index contributed by atoms with van der Waals surface area (Å²) in [4.78, 5) is 51.2. The number of nitrogens with one attached hydrogen (secondary N) is 1. The summed E-state index contributed by atoms with van der Waals surface area (Å²) in [7, 11) is 0. The van der Waals surface area contributed by atoms with Gasteiger partial charge in [-0.3, -0.25) is 19.3 Å². The number of halogens is 2. The Balaban J connectivity index is 1.40. The third-order valence-electron chi connectivity index (χ3n) is 5.39. The number of benzene rings is 2. The van der Waals surface area contributed by atoms with Gasteiger partial charge in [-0.2, -0.15) is 0 Å². The molecule has 0 radical (unpaired) electrons. The molecule has 2 aromatic rings. The van der Waals surface area contributed by atoms with E-state index in [4.69, 9.17) is 16.3 Å². The molecule has 3 amide bonds. The molecule has 0 bridgehead atoms. The predicted molar refractivity (Wildman–Crippen MR) is 122 cm³/mol. The third kappa shape index (κ3) is 4.47. The van der Waals surface area contributed by atoms with E-state index >= 15 is 0 Å². The van der Waals surface area contributed by atoms with Crippen LogP contribution in [0.3, 0.4) is 0 Å². The highest BCUT2D eigenvalue weighted by Gasteiger charge is 2.47. The lowest BCUT2D eigenvalue weighted by Gasteiger charge is -2.15. The highest BCUT2D eigenvalue weighted by molar-refractivity contribution is 9.10. The maximum atomic E-state index is 12.8. The van der Waals surface area contributed by atoms with Crippen molar-refractivity contribution in [3.63, 3.8) is 0 Å². The number of imide groups is 1. The molecule has 1 aliphatic heterocycles. The minimum atomic E-state index is -0.742. The van der Waals surface area contributed by atoms with Gasteiger partial charge in [-0.05, 0) is 65.2 Å². The highest BCUT2D eigenvalue weighted by atomic mass is 79.9. The lowest BCUT2D eigenvalue weighted by atomic mass is 9.85. The monoisotopic (exact) mass is 516 g/mol. The summed E-state index contributed by atoms with van der Waals surface area (Å²) >= 11 is 9.26. The molecule has 2 aliphatic rings. The fourth-order valence-corrected chi connectivity index (χ4v) is 4.24. The molecule has 4 rings (SSSR count). The van der Waals surface area contributed by atoms with E-state index in [-0.39, 0.29) is 29.2 Å². The number of nitrogens with zero attached hydrogens (tertiary/aromatic N) is 1. The molecule has 0 unspecified atom stereocenters. The second-order valence-electron chi connectivity index (χ2n) is 7.47. The van der Waals surface area contributed by atoms with Crippen molar-refractivity contribution in [3.8, 4) is 0 Å². The number of carbonyl (C=O) groups excluding carboxylic acids is 4.